The molecule has 0 spiro atoms. The standard InChI is InChI=1S/C46H60N8O8S/c1-26(2)39(52(7)42(56)29-16-19-53(23-29)45(59)61-9)41(55)49-34-21-37-48-35(24-63-37)28-14-15-36-31(20-28)32(40(51(36)6)30-12-10-17-47-38(30)27(3)60-8)22-46(4,5)25-62-44(58)33-13-11-18-54(50-33)43(34)57/h10,12,14-15,17,20,24,26-27,29,33-34,39,50H,11,13,16,18-19,21-23,25H2,1-9H3,(H,49,55)/t27-,29-,33-,34-,39?/m0/s1. The number of hydrogen-bond acceptors (Lipinski definition) is 12. The summed E-state index contributed by atoms with van der Waals surface area (Å²) in [6.07, 6.45) is 3.10. The number of pyridine rings is 1. The van der Waals surface area contributed by atoms with Crippen molar-refractivity contribution in [1.82, 2.24) is 40.1 Å². The van der Waals surface area contributed by atoms with Crippen LogP contribution in [0.2, 0.25) is 0 Å². The summed E-state index contributed by atoms with van der Waals surface area (Å²) in [7, 11) is 6.61. The first kappa shape index (κ1) is 45.6. The van der Waals surface area contributed by atoms with Crippen molar-refractivity contribution >= 4 is 52.0 Å². The van der Waals surface area contributed by atoms with Gasteiger partial charge in [-0.1, -0.05) is 33.8 Å². The first-order valence-corrected chi connectivity index (χ1v) is 22.6. The van der Waals surface area contributed by atoms with E-state index in [0.717, 1.165) is 44.7 Å². The molecule has 0 saturated carbocycles. The molecule has 63 heavy (non-hydrogen) atoms. The number of thiazole rings is 1. The van der Waals surface area contributed by atoms with Crippen molar-refractivity contribution in [3.63, 3.8) is 0 Å². The second-order valence-corrected chi connectivity index (χ2v) is 19.1. The minimum absolute atomic E-state index is 0.0698. The number of likely N-dealkylation sites (N-methyl/N-ethyl adjacent to an activating group) is 1. The van der Waals surface area contributed by atoms with E-state index in [1.54, 1.807) is 20.4 Å². The van der Waals surface area contributed by atoms with E-state index in [1.807, 2.05) is 38.3 Å². The highest BCUT2D eigenvalue weighted by atomic mass is 32.1. The number of hydrazine groups is 1. The zero-order valence-corrected chi connectivity index (χ0v) is 38.5. The fourth-order valence-corrected chi connectivity index (χ4v) is 10.1. The van der Waals surface area contributed by atoms with Gasteiger partial charge < -0.3 is 33.9 Å². The molecular formula is C46H60N8O8S. The average molecular weight is 885 g/mol. The minimum atomic E-state index is -1.09. The molecule has 17 heteroatoms. The number of likely N-dealkylation sites (tertiary alicyclic amines) is 1. The molecule has 4 aromatic rings. The number of benzene rings is 1. The summed E-state index contributed by atoms with van der Waals surface area (Å²) in [5.74, 6) is -2.48. The zero-order chi connectivity index (χ0) is 45.3. The average Bonchev–Trinajstić information content (AvgIpc) is 4.02. The molecule has 3 aliphatic heterocycles. The highest BCUT2D eigenvalue weighted by molar-refractivity contribution is 7.10. The molecule has 5 atom stereocenters. The Bertz CT molecular complexity index is 2380. The highest BCUT2D eigenvalue weighted by Crippen LogP contribution is 2.41. The van der Waals surface area contributed by atoms with Gasteiger partial charge in [0.15, 0.2) is 0 Å². The Morgan fingerprint density at radius 1 is 1.10 bits per heavy atom. The van der Waals surface area contributed by atoms with Gasteiger partial charge in [0.25, 0.3) is 5.91 Å². The van der Waals surface area contributed by atoms with Crippen molar-refractivity contribution in [2.75, 3.05) is 47.5 Å². The normalized spacial score (nSPS) is 21.5. The summed E-state index contributed by atoms with van der Waals surface area (Å²) in [5.41, 5.74) is 9.10. The molecule has 338 valence electrons. The van der Waals surface area contributed by atoms with Crippen LogP contribution in [-0.4, -0.2) is 125 Å². The summed E-state index contributed by atoms with van der Waals surface area (Å²) >= 11 is 1.40. The Morgan fingerprint density at radius 3 is 2.60 bits per heavy atom. The lowest BCUT2D eigenvalue weighted by molar-refractivity contribution is -0.155. The first-order valence-electron chi connectivity index (χ1n) is 21.7. The van der Waals surface area contributed by atoms with Gasteiger partial charge in [-0.25, -0.2) is 15.2 Å². The number of fused-ring (bicyclic) bond motifs is 6. The van der Waals surface area contributed by atoms with Crippen LogP contribution in [0, 0.1) is 17.3 Å². The van der Waals surface area contributed by atoms with Gasteiger partial charge in [0.1, 0.15) is 18.1 Å². The number of cyclic esters (lactones) is 1. The number of nitrogens with one attached hydrogen (secondary N) is 2. The molecule has 1 unspecified atom stereocenters. The van der Waals surface area contributed by atoms with Crippen LogP contribution in [0.4, 0.5) is 4.79 Å². The topological polar surface area (TPSA) is 178 Å². The van der Waals surface area contributed by atoms with E-state index in [1.165, 1.54) is 33.3 Å². The van der Waals surface area contributed by atoms with Gasteiger partial charge in [0.05, 0.1) is 47.8 Å². The third kappa shape index (κ3) is 9.46. The fraction of sp³-hybridized carbons (Fsp3) is 0.543. The lowest BCUT2D eigenvalue weighted by Gasteiger charge is -2.36. The van der Waals surface area contributed by atoms with E-state index in [0.29, 0.717) is 43.8 Å². The number of aryl methyl sites for hydroxylation is 1. The van der Waals surface area contributed by atoms with Crippen LogP contribution in [0.5, 0.6) is 0 Å². The van der Waals surface area contributed by atoms with Crippen LogP contribution >= 0.6 is 11.3 Å². The van der Waals surface area contributed by atoms with Crippen molar-refractivity contribution in [2.24, 2.45) is 24.3 Å². The molecule has 3 aliphatic rings. The lowest BCUT2D eigenvalue weighted by atomic mass is 9.84. The molecule has 2 saturated heterocycles. The fourth-order valence-electron chi connectivity index (χ4n) is 9.23. The number of rotatable bonds is 8. The second-order valence-electron chi connectivity index (χ2n) is 18.1. The number of esters is 1. The van der Waals surface area contributed by atoms with Gasteiger partial charge in [0, 0.05) is 86.3 Å². The number of amides is 4. The summed E-state index contributed by atoms with van der Waals surface area (Å²) in [4.78, 5) is 81.5. The van der Waals surface area contributed by atoms with Gasteiger partial charge in [0.2, 0.25) is 11.8 Å². The molecule has 0 radical (unpaired) electrons. The van der Waals surface area contributed by atoms with Crippen molar-refractivity contribution in [3.05, 3.63) is 58.2 Å². The molecule has 7 rings (SSSR count). The predicted molar refractivity (Wildman–Crippen MR) is 238 cm³/mol. The maximum Gasteiger partial charge on any atom is 0.409 e. The van der Waals surface area contributed by atoms with Crippen LogP contribution in [-0.2, 0) is 53.3 Å². The van der Waals surface area contributed by atoms with Gasteiger partial charge in [-0.2, -0.15) is 0 Å². The van der Waals surface area contributed by atoms with Gasteiger partial charge >= 0.3 is 12.1 Å². The van der Waals surface area contributed by atoms with E-state index in [4.69, 9.17) is 24.2 Å². The number of carbonyl (C=O) groups excluding carboxylic acids is 5. The van der Waals surface area contributed by atoms with Gasteiger partial charge in [-0.05, 0) is 68.4 Å². The van der Waals surface area contributed by atoms with Crippen LogP contribution in [0.25, 0.3) is 33.4 Å². The quantitative estimate of drug-likeness (QED) is 0.220. The number of methoxy groups -OCH3 is 2. The van der Waals surface area contributed by atoms with Crippen molar-refractivity contribution < 1.29 is 38.2 Å². The number of aromatic nitrogens is 3. The minimum Gasteiger partial charge on any atom is -0.464 e. The molecule has 4 amide bonds. The second kappa shape index (κ2) is 18.8. The van der Waals surface area contributed by atoms with E-state index in [2.05, 4.69) is 54.4 Å². The monoisotopic (exact) mass is 884 g/mol. The third-order valence-electron chi connectivity index (χ3n) is 12.6. The van der Waals surface area contributed by atoms with Crippen LogP contribution in [0.3, 0.4) is 0 Å². The van der Waals surface area contributed by atoms with Crippen LogP contribution < -0.4 is 10.7 Å². The number of nitrogens with zero attached hydrogens (tertiary/aromatic N) is 6. The molecule has 6 bridgehead atoms. The van der Waals surface area contributed by atoms with E-state index >= 15 is 0 Å². The Labute approximate surface area is 372 Å². The Balaban J connectivity index is 1.25. The maximum absolute atomic E-state index is 14.6. The SMILES string of the molecule is COC(=O)N1CC[C@H](C(=O)N(C)C(C(=O)N[C@H]2Cc3nc(cs3)-c3ccc4c(c3)c(c(-c3cccnc3[C@H](C)OC)n4C)CC(C)(C)COC(=O)[C@@H]3CCCN(N3)C2=O)C(C)C)C1. The number of ether oxygens (including phenoxy) is 3. The molecule has 16 nitrogen and oxygen atoms in total. The van der Waals surface area contributed by atoms with E-state index in [9.17, 15) is 24.0 Å². The number of carbonyl (C=O) groups is 5. The maximum atomic E-state index is 14.6. The van der Waals surface area contributed by atoms with Crippen molar-refractivity contribution in [1.29, 1.82) is 0 Å². The molecular weight excluding hydrogens is 825 g/mol. The Hall–Kier alpha value is -5.39. The zero-order valence-electron chi connectivity index (χ0n) is 37.7. The summed E-state index contributed by atoms with van der Waals surface area (Å²) < 4.78 is 18.9. The van der Waals surface area contributed by atoms with E-state index < -0.39 is 53.3 Å². The Morgan fingerprint density at radius 2 is 1.87 bits per heavy atom. The summed E-state index contributed by atoms with van der Waals surface area (Å²) in [6.45, 7) is 10.8. The van der Waals surface area contributed by atoms with Crippen molar-refractivity contribution in [3.8, 4) is 22.5 Å². The first-order chi connectivity index (χ1) is 30.0. The lowest BCUT2D eigenvalue weighted by Crippen LogP contribution is -2.62. The predicted octanol–water partition coefficient (Wildman–Crippen LogP) is 5.29. The molecule has 3 aromatic heterocycles. The molecule has 2 fully saturated rings. The molecule has 6 heterocycles. The Kier molecular flexibility index (Phi) is 13.6. The van der Waals surface area contributed by atoms with E-state index in [-0.39, 0.29) is 37.5 Å². The number of hydrogen-bond donors (Lipinski definition) is 2. The highest BCUT2D eigenvalue weighted by Gasteiger charge is 2.41. The molecule has 1 aromatic carbocycles. The molecule has 0 aliphatic carbocycles. The van der Waals surface area contributed by atoms with Gasteiger partial charge in [-0.3, -0.25) is 29.2 Å². The summed E-state index contributed by atoms with van der Waals surface area (Å²) in [5, 5.41) is 8.03. The van der Waals surface area contributed by atoms with Crippen LogP contribution in [0.15, 0.2) is 41.9 Å². The molecule has 2 N–H and O–H groups in total. The largest absolute Gasteiger partial charge is 0.464 e. The van der Waals surface area contributed by atoms with Crippen LogP contribution in [0.1, 0.15) is 76.3 Å². The summed E-state index contributed by atoms with van der Waals surface area (Å²) in [6, 6.07) is 7.49. The van der Waals surface area contributed by atoms with Crippen molar-refractivity contribution in [2.45, 2.75) is 91.0 Å². The van der Waals surface area contributed by atoms with Gasteiger partial charge in [-0.15, -0.1) is 11.3 Å². The smallest absolute Gasteiger partial charge is 0.409 e. The third-order valence-corrected chi connectivity index (χ3v) is 13.5.